The SMILES string of the molecule is CC(C)(C)OC(=O)N1CCC(c2[nH]nc3c2C(O)(C(F)(F)F)CC(=O)N3)CC1. The predicted octanol–water partition coefficient (Wildman–Crippen LogP) is 2.62. The lowest BCUT2D eigenvalue weighted by atomic mass is 9.81. The van der Waals surface area contributed by atoms with Crippen molar-refractivity contribution in [2.75, 3.05) is 18.4 Å². The molecular formula is C17H23F3N4O4. The minimum Gasteiger partial charge on any atom is -0.444 e. The maximum atomic E-state index is 13.6. The molecule has 3 heterocycles. The fourth-order valence-electron chi connectivity index (χ4n) is 3.58. The number of aromatic amines is 1. The summed E-state index contributed by atoms with van der Waals surface area (Å²) in [5.74, 6) is -1.63. The molecule has 0 spiro atoms. The van der Waals surface area contributed by atoms with Crippen molar-refractivity contribution in [3.05, 3.63) is 11.3 Å². The van der Waals surface area contributed by atoms with Crippen molar-refractivity contribution in [3.63, 3.8) is 0 Å². The van der Waals surface area contributed by atoms with Gasteiger partial charge in [0.1, 0.15) is 5.60 Å². The quantitative estimate of drug-likeness (QED) is 0.667. The molecule has 1 aromatic heterocycles. The Balaban J connectivity index is 1.81. The fourth-order valence-corrected chi connectivity index (χ4v) is 3.58. The summed E-state index contributed by atoms with van der Waals surface area (Å²) in [5, 5.41) is 19.0. The fraction of sp³-hybridized carbons (Fsp3) is 0.706. The van der Waals surface area contributed by atoms with E-state index in [2.05, 4.69) is 15.5 Å². The molecule has 0 bridgehead atoms. The highest BCUT2D eigenvalue weighted by Gasteiger charge is 2.61. The van der Waals surface area contributed by atoms with Crippen LogP contribution in [0.1, 0.15) is 57.2 Å². The highest BCUT2D eigenvalue weighted by atomic mass is 19.4. The Hall–Kier alpha value is -2.30. The molecule has 0 radical (unpaired) electrons. The number of nitrogens with zero attached hydrogens (tertiary/aromatic N) is 2. The average Bonchev–Trinajstić information content (AvgIpc) is 2.96. The van der Waals surface area contributed by atoms with E-state index in [0.29, 0.717) is 25.9 Å². The monoisotopic (exact) mass is 404 g/mol. The average molecular weight is 404 g/mol. The molecule has 0 aromatic carbocycles. The van der Waals surface area contributed by atoms with Crippen molar-refractivity contribution in [3.8, 4) is 0 Å². The lowest BCUT2D eigenvalue weighted by Gasteiger charge is -2.37. The molecule has 0 saturated carbocycles. The van der Waals surface area contributed by atoms with Gasteiger partial charge in [0, 0.05) is 24.7 Å². The van der Waals surface area contributed by atoms with Gasteiger partial charge >= 0.3 is 12.3 Å². The number of amides is 2. The Morgan fingerprint density at radius 2 is 1.89 bits per heavy atom. The molecule has 2 aliphatic rings. The van der Waals surface area contributed by atoms with Crippen molar-refractivity contribution in [2.24, 2.45) is 0 Å². The van der Waals surface area contributed by atoms with Crippen LogP contribution in [0.3, 0.4) is 0 Å². The molecule has 1 unspecified atom stereocenters. The van der Waals surface area contributed by atoms with Crippen LogP contribution in [-0.4, -0.2) is 57.1 Å². The number of halogens is 3. The van der Waals surface area contributed by atoms with Gasteiger partial charge in [0.2, 0.25) is 5.91 Å². The molecule has 1 fully saturated rings. The number of H-pyrrole nitrogens is 1. The van der Waals surface area contributed by atoms with Gasteiger partial charge in [0.05, 0.1) is 12.0 Å². The van der Waals surface area contributed by atoms with Gasteiger partial charge in [-0.3, -0.25) is 9.89 Å². The van der Waals surface area contributed by atoms with Crippen molar-refractivity contribution < 1.29 is 32.6 Å². The van der Waals surface area contributed by atoms with Crippen LogP contribution in [0.5, 0.6) is 0 Å². The number of aromatic nitrogens is 2. The zero-order chi connectivity index (χ0) is 20.9. The van der Waals surface area contributed by atoms with Gasteiger partial charge in [0.25, 0.3) is 0 Å². The minimum absolute atomic E-state index is 0.138. The third kappa shape index (κ3) is 3.67. The second kappa shape index (κ2) is 6.64. The summed E-state index contributed by atoms with van der Waals surface area (Å²) in [6.07, 6.45) is -5.88. The van der Waals surface area contributed by atoms with Crippen LogP contribution in [0.2, 0.25) is 0 Å². The maximum Gasteiger partial charge on any atom is 0.422 e. The highest BCUT2D eigenvalue weighted by molar-refractivity contribution is 5.94. The largest absolute Gasteiger partial charge is 0.444 e. The minimum atomic E-state index is -5.03. The van der Waals surface area contributed by atoms with E-state index < -0.39 is 41.4 Å². The maximum absolute atomic E-state index is 13.6. The van der Waals surface area contributed by atoms with E-state index in [1.807, 2.05) is 0 Å². The lowest BCUT2D eigenvalue weighted by Crippen LogP contribution is -2.49. The first kappa shape index (κ1) is 20.4. The molecule has 0 aliphatic carbocycles. The summed E-state index contributed by atoms with van der Waals surface area (Å²) in [6, 6.07) is 0. The van der Waals surface area contributed by atoms with Gasteiger partial charge in [-0.2, -0.15) is 18.3 Å². The van der Waals surface area contributed by atoms with Crippen LogP contribution in [-0.2, 0) is 15.1 Å². The summed E-state index contributed by atoms with van der Waals surface area (Å²) in [7, 11) is 0. The second-order valence-corrected chi connectivity index (χ2v) is 8.19. The van der Waals surface area contributed by atoms with E-state index in [4.69, 9.17) is 4.74 Å². The zero-order valence-electron chi connectivity index (χ0n) is 15.8. The summed E-state index contributed by atoms with van der Waals surface area (Å²) < 4.78 is 46.1. The molecule has 3 rings (SSSR count). The van der Waals surface area contributed by atoms with E-state index >= 15 is 0 Å². The Morgan fingerprint density at radius 1 is 1.29 bits per heavy atom. The number of piperidine rings is 1. The second-order valence-electron chi connectivity index (χ2n) is 8.19. The van der Waals surface area contributed by atoms with Crippen LogP contribution in [0.4, 0.5) is 23.8 Å². The number of ether oxygens (including phenoxy) is 1. The van der Waals surface area contributed by atoms with Gasteiger partial charge in [0.15, 0.2) is 11.4 Å². The number of likely N-dealkylation sites (tertiary alicyclic amines) is 1. The first-order valence-corrected chi connectivity index (χ1v) is 8.97. The lowest BCUT2D eigenvalue weighted by molar-refractivity contribution is -0.267. The van der Waals surface area contributed by atoms with Crippen LogP contribution in [0.25, 0.3) is 0 Å². The molecule has 2 amide bonds. The number of hydrogen-bond donors (Lipinski definition) is 3. The summed E-state index contributed by atoms with van der Waals surface area (Å²) in [4.78, 5) is 25.3. The number of rotatable bonds is 1. The van der Waals surface area contributed by atoms with Crippen LogP contribution in [0, 0.1) is 0 Å². The Kier molecular flexibility index (Phi) is 4.85. The van der Waals surface area contributed by atoms with Gasteiger partial charge in [-0.1, -0.05) is 0 Å². The first-order chi connectivity index (χ1) is 12.8. The number of anilines is 1. The van der Waals surface area contributed by atoms with E-state index in [-0.39, 0.29) is 17.4 Å². The number of alkyl halides is 3. The van der Waals surface area contributed by atoms with Gasteiger partial charge in [-0.05, 0) is 33.6 Å². The molecule has 1 saturated heterocycles. The third-order valence-corrected chi connectivity index (χ3v) is 4.91. The van der Waals surface area contributed by atoms with Gasteiger partial charge in [-0.25, -0.2) is 4.79 Å². The Morgan fingerprint density at radius 3 is 2.43 bits per heavy atom. The molecule has 8 nitrogen and oxygen atoms in total. The predicted molar refractivity (Wildman–Crippen MR) is 91.6 cm³/mol. The van der Waals surface area contributed by atoms with Gasteiger partial charge < -0.3 is 20.1 Å². The number of fused-ring (bicyclic) bond motifs is 1. The van der Waals surface area contributed by atoms with E-state index in [1.165, 1.54) is 4.90 Å². The smallest absolute Gasteiger partial charge is 0.422 e. The Bertz CT molecular complexity index is 778. The van der Waals surface area contributed by atoms with Crippen molar-refractivity contribution >= 4 is 17.8 Å². The number of carbonyl (C=O) groups is 2. The van der Waals surface area contributed by atoms with E-state index in [0.717, 1.165) is 0 Å². The van der Waals surface area contributed by atoms with Crippen LogP contribution >= 0.6 is 0 Å². The summed E-state index contributed by atoms with van der Waals surface area (Å²) in [5.41, 5.74) is -4.23. The standard InChI is InChI=1S/C17H23F3N4O4/c1-15(2,3)28-14(26)24-6-4-9(5-7-24)12-11-13(23-22-12)21-10(25)8-16(11,27)17(18,19)20/h9,27H,4-8H2,1-3H3,(H2,21,22,23,25). The number of nitrogens with one attached hydrogen (secondary N) is 2. The van der Waals surface area contributed by atoms with Crippen LogP contribution in [0.15, 0.2) is 0 Å². The molecule has 1 atom stereocenters. The van der Waals surface area contributed by atoms with Crippen LogP contribution < -0.4 is 5.32 Å². The summed E-state index contributed by atoms with van der Waals surface area (Å²) in [6.45, 7) is 5.84. The van der Waals surface area contributed by atoms with E-state index in [9.17, 15) is 27.9 Å². The van der Waals surface area contributed by atoms with Gasteiger partial charge in [-0.15, -0.1) is 0 Å². The molecule has 11 heteroatoms. The Labute approximate surface area is 159 Å². The highest BCUT2D eigenvalue weighted by Crippen LogP contribution is 2.49. The van der Waals surface area contributed by atoms with E-state index in [1.54, 1.807) is 20.8 Å². The summed E-state index contributed by atoms with van der Waals surface area (Å²) >= 11 is 0. The molecule has 28 heavy (non-hydrogen) atoms. The van der Waals surface area contributed by atoms with Crippen molar-refractivity contribution in [1.29, 1.82) is 0 Å². The van der Waals surface area contributed by atoms with Crippen molar-refractivity contribution in [1.82, 2.24) is 15.1 Å². The first-order valence-electron chi connectivity index (χ1n) is 8.97. The normalized spacial score (nSPS) is 24.0. The number of carbonyl (C=O) groups excluding carboxylic acids is 2. The zero-order valence-corrected chi connectivity index (χ0v) is 15.8. The number of hydrogen-bond acceptors (Lipinski definition) is 5. The molecule has 156 valence electrons. The topological polar surface area (TPSA) is 108 Å². The third-order valence-electron chi connectivity index (χ3n) is 4.91. The molecule has 3 N–H and O–H groups in total. The number of aliphatic hydroxyl groups is 1. The molecule has 1 aromatic rings. The molecular weight excluding hydrogens is 381 g/mol. The molecule has 2 aliphatic heterocycles. The van der Waals surface area contributed by atoms with Crippen molar-refractivity contribution in [2.45, 2.75) is 63.3 Å².